The van der Waals surface area contributed by atoms with Crippen LogP contribution in [0.3, 0.4) is 0 Å². The maximum absolute atomic E-state index is 10.8. The number of nitrogens with zero attached hydrogens (tertiary/aromatic N) is 4. The average molecular weight is 170 g/mol. The smallest absolute Gasteiger partial charge is 0.331 e. The number of carboxylic acids is 1. The zero-order chi connectivity index (χ0) is 9.35. The van der Waals surface area contributed by atoms with Crippen molar-refractivity contribution >= 4 is 5.97 Å². The second-order valence-corrected chi connectivity index (χ2v) is 3.00. The van der Waals surface area contributed by atoms with E-state index < -0.39 is 11.5 Å². The predicted molar refractivity (Wildman–Crippen MR) is 39.5 cm³/mol. The van der Waals surface area contributed by atoms with Crippen LogP contribution in [0.2, 0.25) is 0 Å². The molecule has 6 heteroatoms. The summed E-state index contributed by atoms with van der Waals surface area (Å²) in [7, 11) is 0. The summed E-state index contributed by atoms with van der Waals surface area (Å²) in [6.45, 7) is 4.74. The fourth-order valence-electron chi connectivity index (χ4n) is 0.839. The normalized spacial score (nSPS) is 11.6. The molecule has 1 N–H and O–H groups in total. The topological polar surface area (TPSA) is 80.9 Å². The first-order valence-corrected chi connectivity index (χ1v) is 3.45. The molecule has 0 aliphatic rings. The molecule has 0 spiro atoms. The standard InChI is InChI=1S/C6H10N4O2/c1-4-7-8-9-10(4)6(2,3)5(11)12/h1-3H3,(H,11,12). The van der Waals surface area contributed by atoms with Crippen molar-refractivity contribution in [1.29, 1.82) is 0 Å². The van der Waals surface area contributed by atoms with E-state index in [-0.39, 0.29) is 0 Å². The predicted octanol–water partition coefficient (Wildman–Crippen LogP) is -0.199. The Kier molecular flexibility index (Phi) is 1.83. The highest BCUT2D eigenvalue weighted by Crippen LogP contribution is 2.13. The van der Waals surface area contributed by atoms with E-state index in [1.165, 1.54) is 4.68 Å². The van der Waals surface area contributed by atoms with Gasteiger partial charge in [0.2, 0.25) is 0 Å². The quantitative estimate of drug-likeness (QED) is 0.664. The molecule has 0 aromatic carbocycles. The number of aromatic nitrogens is 4. The van der Waals surface area contributed by atoms with Gasteiger partial charge in [-0.3, -0.25) is 0 Å². The van der Waals surface area contributed by atoms with Gasteiger partial charge in [0.25, 0.3) is 0 Å². The van der Waals surface area contributed by atoms with E-state index in [9.17, 15) is 4.79 Å². The van der Waals surface area contributed by atoms with Crippen LogP contribution < -0.4 is 0 Å². The van der Waals surface area contributed by atoms with Crippen LogP contribution in [0.25, 0.3) is 0 Å². The first kappa shape index (κ1) is 8.63. The zero-order valence-electron chi connectivity index (χ0n) is 7.14. The van der Waals surface area contributed by atoms with Crippen molar-refractivity contribution in [3.63, 3.8) is 0 Å². The van der Waals surface area contributed by atoms with Crippen LogP contribution in [0.4, 0.5) is 0 Å². The second kappa shape index (κ2) is 2.54. The molecule has 1 rings (SSSR count). The molecule has 0 saturated carbocycles. The van der Waals surface area contributed by atoms with Crippen molar-refractivity contribution < 1.29 is 9.90 Å². The Balaban J connectivity index is 3.13. The zero-order valence-corrected chi connectivity index (χ0v) is 7.14. The third kappa shape index (κ3) is 1.15. The summed E-state index contributed by atoms with van der Waals surface area (Å²) in [5, 5.41) is 19.4. The minimum atomic E-state index is -1.09. The van der Waals surface area contributed by atoms with E-state index in [4.69, 9.17) is 5.11 Å². The van der Waals surface area contributed by atoms with Crippen molar-refractivity contribution in [2.24, 2.45) is 0 Å². The molecule has 0 unspecified atom stereocenters. The summed E-state index contributed by atoms with van der Waals surface area (Å²) in [5.74, 6) is -0.472. The van der Waals surface area contributed by atoms with Crippen LogP contribution in [0.15, 0.2) is 0 Å². The summed E-state index contributed by atoms with van der Waals surface area (Å²) in [6, 6.07) is 0. The highest BCUT2D eigenvalue weighted by Gasteiger charge is 2.32. The van der Waals surface area contributed by atoms with Gasteiger partial charge in [0.05, 0.1) is 0 Å². The van der Waals surface area contributed by atoms with Gasteiger partial charge in [-0.05, 0) is 31.2 Å². The van der Waals surface area contributed by atoms with Crippen LogP contribution in [0.5, 0.6) is 0 Å². The molecule has 1 aromatic rings. The molecule has 0 fully saturated rings. The average Bonchev–Trinajstić information content (AvgIpc) is 2.35. The van der Waals surface area contributed by atoms with Gasteiger partial charge < -0.3 is 5.11 Å². The minimum absolute atomic E-state index is 0.488. The lowest BCUT2D eigenvalue weighted by molar-refractivity contribution is -0.146. The summed E-state index contributed by atoms with van der Waals surface area (Å²) < 4.78 is 1.27. The van der Waals surface area contributed by atoms with Gasteiger partial charge in [0.1, 0.15) is 5.82 Å². The molecule has 1 aromatic heterocycles. The number of carbonyl (C=O) groups is 1. The third-order valence-electron chi connectivity index (χ3n) is 1.68. The second-order valence-electron chi connectivity index (χ2n) is 3.00. The molecular formula is C6H10N4O2. The van der Waals surface area contributed by atoms with Gasteiger partial charge in [0.15, 0.2) is 5.54 Å². The lowest BCUT2D eigenvalue weighted by Crippen LogP contribution is -2.37. The van der Waals surface area contributed by atoms with Crippen LogP contribution in [-0.4, -0.2) is 31.3 Å². The van der Waals surface area contributed by atoms with E-state index in [1.807, 2.05) is 0 Å². The summed E-state index contributed by atoms with van der Waals surface area (Å²) in [6.07, 6.45) is 0. The summed E-state index contributed by atoms with van der Waals surface area (Å²) in [4.78, 5) is 10.8. The number of carboxylic acid groups (broad SMARTS) is 1. The summed E-state index contributed by atoms with van der Waals surface area (Å²) >= 11 is 0. The first-order valence-electron chi connectivity index (χ1n) is 3.45. The van der Waals surface area contributed by atoms with Gasteiger partial charge in [-0.25, -0.2) is 9.48 Å². The third-order valence-corrected chi connectivity index (χ3v) is 1.68. The van der Waals surface area contributed by atoms with Gasteiger partial charge in [-0.2, -0.15) is 0 Å². The first-order chi connectivity index (χ1) is 5.46. The highest BCUT2D eigenvalue weighted by molar-refractivity contribution is 5.75. The molecule has 0 amide bonds. The number of tetrazole rings is 1. The molecule has 0 atom stereocenters. The van der Waals surface area contributed by atoms with Crippen LogP contribution in [0.1, 0.15) is 19.7 Å². The van der Waals surface area contributed by atoms with Crippen LogP contribution in [0, 0.1) is 6.92 Å². The Labute approximate surface area is 69.2 Å². The molecule has 0 radical (unpaired) electrons. The lowest BCUT2D eigenvalue weighted by Gasteiger charge is -2.19. The Morgan fingerprint density at radius 3 is 2.50 bits per heavy atom. The fraction of sp³-hybridized carbons (Fsp3) is 0.667. The van der Waals surface area contributed by atoms with E-state index in [1.54, 1.807) is 20.8 Å². The number of aliphatic carboxylic acids is 1. The van der Waals surface area contributed by atoms with Crippen molar-refractivity contribution in [3.05, 3.63) is 5.82 Å². The summed E-state index contributed by atoms with van der Waals surface area (Å²) in [5.41, 5.74) is -1.09. The number of hydrogen-bond donors (Lipinski definition) is 1. The molecule has 12 heavy (non-hydrogen) atoms. The van der Waals surface area contributed by atoms with E-state index in [0.717, 1.165) is 0 Å². The van der Waals surface area contributed by atoms with Crippen LogP contribution in [-0.2, 0) is 10.3 Å². The SMILES string of the molecule is Cc1nnnn1C(C)(C)C(=O)O. The molecule has 0 saturated heterocycles. The maximum atomic E-state index is 10.8. The molecule has 0 bridgehead atoms. The Bertz CT molecular complexity index is 304. The highest BCUT2D eigenvalue weighted by atomic mass is 16.4. The number of hydrogen-bond acceptors (Lipinski definition) is 4. The number of aryl methyl sites for hydroxylation is 1. The molecule has 0 aliphatic carbocycles. The van der Waals surface area contributed by atoms with Crippen molar-refractivity contribution in [3.8, 4) is 0 Å². The molecule has 6 nitrogen and oxygen atoms in total. The van der Waals surface area contributed by atoms with E-state index in [2.05, 4.69) is 15.5 Å². The van der Waals surface area contributed by atoms with E-state index in [0.29, 0.717) is 5.82 Å². The monoisotopic (exact) mass is 170 g/mol. The van der Waals surface area contributed by atoms with E-state index >= 15 is 0 Å². The minimum Gasteiger partial charge on any atom is -0.479 e. The van der Waals surface area contributed by atoms with Gasteiger partial charge in [0, 0.05) is 0 Å². The lowest BCUT2D eigenvalue weighted by atomic mass is 10.1. The number of rotatable bonds is 2. The maximum Gasteiger partial charge on any atom is 0.331 e. The Morgan fingerprint density at radius 2 is 2.17 bits per heavy atom. The van der Waals surface area contributed by atoms with Crippen molar-refractivity contribution in [2.45, 2.75) is 26.3 Å². The molecular weight excluding hydrogens is 160 g/mol. The molecule has 1 heterocycles. The molecule has 66 valence electrons. The van der Waals surface area contributed by atoms with Gasteiger partial charge in [-0.1, -0.05) is 0 Å². The van der Waals surface area contributed by atoms with Crippen molar-refractivity contribution in [1.82, 2.24) is 20.2 Å². The van der Waals surface area contributed by atoms with Gasteiger partial charge in [-0.15, -0.1) is 5.10 Å². The Hall–Kier alpha value is -1.46. The van der Waals surface area contributed by atoms with Crippen LogP contribution >= 0.6 is 0 Å². The van der Waals surface area contributed by atoms with Crippen molar-refractivity contribution in [2.75, 3.05) is 0 Å². The fourth-order valence-corrected chi connectivity index (χ4v) is 0.839. The largest absolute Gasteiger partial charge is 0.479 e. The Morgan fingerprint density at radius 1 is 1.58 bits per heavy atom. The molecule has 0 aliphatic heterocycles. The van der Waals surface area contributed by atoms with Gasteiger partial charge >= 0.3 is 5.97 Å².